The summed E-state index contributed by atoms with van der Waals surface area (Å²) >= 11 is 0. The predicted octanol–water partition coefficient (Wildman–Crippen LogP) is 7.04. The maximum absolute atomic E-state index is 13.1. The number of fused-ring (bicyclic) bond motifs is 1. The monoisotopic (exact) mass is 651 g/mol. The third-order valence-corrected chi connectivity index (χ3v) is 7.99. The fraction of sp³-hybridized carbons (Fsp3) is 0.441. The van der Waals surface area contributed by atoms with Gasteiger partial charge in [0, 0.05) is 42.3 Å². The molecule has 0 radical (unpaired) electrons. The molecule has 0 spiro atoms. The molecule has 3 N–H and O–H groups in total. The first-order chi connectivity index (χ1) is 22.2. The predicted molar refractivity (Wildman–Crippen MR) is 174 cm³/mol. The number of benzene rings is 2. The quantitative estimate of drug-likeness (QED) is 0.187. The first kappa shape index (κ1) is 33.7. The second kappa shape index (κ2) is 13.6. The maximum Gasteiger partial charge on any atom is 0.416 e. The lowest BCUT2D eigenvalue weighted by atomic mass is 9.91. The van der Waals surface area contributed by atoms with Gasteiger partial charge in [-0.2, -0.15) is 18.3 Å². The van der Waals surface area contributed by atoms with Crippen LogP contribution in [0.5, 0.6) is 0 Å². The molecule has 0 unspecified atom stereocenters. The molecule has 2 aromatic heterocycles. The number of carbonyl (C=O) groups excluding carboxylic acids is 2. The summed E-state index contributed by atoms with van der Waals surface area (Å²) in [5.74, 6) is 0.377. The summed E-state index contributed by atoms with van der Waals surface area (Å²) in [5.41, 5.74) is 2.39. The van der Waals surface area contributed by atoms with Crippen LogP contribution in [-0.2, 0) is 35.6 Å². The van der Waals surface area contributed by atoms with Gasteiger partial charge < -0.3 is 20.7 Å². The zero-order valence-corrected chi connectivity index (χ0v) is 27.2. The third kappa shape index (κ3) is 8.78. The van der Waals surface area contributed by atoms with Crippen LogP contribution in [0.4, 0.5) is 29.7 Å². The lowest BCUT2D eigenvalue weighted by Gasteiger charge is -2.30. The molecule has 13 heteroatoms. The van der Waals surface area contributed by atoms with Gasteiger partial charge in [-0.25, -0.2) is 14.8 Å². The van der Waals surface area contributed by atoms with Crippen LogP contribution in [0.15, 0.2) is 48.7 Å². The van der Waals surface area contributed by atoms with Gasteiger partial charge in [-0.15, -0.1) is 0 Å². The number of ether oxygens (including phenoxy) is 1. The van der Waals surface area contributed by atoms with Gasteiger partial charge in [0.25, 0.3) is 0 Å². The molecule has 0 aliphatic heterocycles. The van der Waals surface area contributed by atoms with E-state index in [0.717, 1.165) is 72.0 Å². The Balaban J connectivity index is 1.24. The Morgan fingerprint density at radius 1 is 1.02 bits per heavy atom. The maximum atomic E-state index is 13.1. The standard InChI is InChI=1S/C34H40F3N7O3/c1-6-21-16-22(27-18-28(43-44(27)5)41-29(45)15-20-8-7-9-24(14-20)34(35,36)37)17-23-19-38-31(42-30(21)23)39-25-10-12-26(13-11-25)40-32(46)47-33(2,3)4/h7-9,14,16-19,25-26H,6,10-13,15H2,1-5H3,(H,40,46)(H,38,39,42)(H,41,43,45). The molecule has 47 heavy (non-hydrogen) atoms. The Morgan fingerprint density at radius 2 is 1.74 bits per heavy atom. The Morgan fingerprint density at radius 3 is 2.43 bits per heavy atom. The number of carbonyl (C=O) groups is 2. The first-order valence-electron chi connectivity index (χ1n) is 15.7. The van der Waals surface area contributed by atoms with E-state index >= 15 is 0 Å². The average molecular weight is 652 g/mol. The van der Waals surface area contributed by atoms with Crippen LogP contribution >= 0.6 is 0 Å². The van der Waals surface area contributed by atoms with Crippen molar-refractivity contribution in [1.29, 1.82) is 0 Å². The molecule has 4 aromatic rings. The number of hydrogen-bond acceptors (Lipinski definition) is 7. The molecule has 0 atom stereocenters. The van der Waals surface area contributed by atoms with Gasteiger partial charge in [-0.3, -0.25) is 9.48 Å². The second-order valence-electron chi connectivity index (χ2n) is 12.9. The lowest BCUT2D eigenvalue weighted by Crippen LogP contribution is -2.42. The fourth-order valence-electron chi connectivity index (χ4n) is 5.77. The normalized spacial score (nSPS) is 16.9. The summed E-state index contributed by atoms with van der Waals surface area (Å²) in [6.07, 6.45) is 0.799. The number of nitrogens with one attached hydrogen (secondary N) is 3. The van der Waals surface area contributed by atoms with Crippen LogP contribution in [0.1, 0.15) is 70.1 Å². The number of alkyl halides is 3. The average Bonchev–Trinajstić information content (AvgIpc) is 3.35. The van der Waals surface area contributed by atoms with Crippen molar-refractivity contribution in [2.24, 2.45) is 7.05 Å². The molecule has 0 bridgehead atoms. The highest BCUT2D eigenvalue weighted by atomic mass is 19.4. The van der Waals surface area contributed by atoms with E-state index in [1.807, 2.05) is 32.9 Å². The van der Waals surface area contributed by atoms with Gasteiger partial charge in [0.15, 0.2) is 5.82 Å². The Hall–Kier alpha value is -4.68. The molecule has 2 heterocycles. The van der Waals surface area contributed by atoms with Crippen molar-refractivity contribution in [2.75, 3.05) is 10.6 Å². The van der Waals surface area contributed by atoms with E-state index in [-0.39, 0.29) is 30.2 Å². The van der Waals surface area contributed by atoms with E-state index in [2.05, 4.69) is 33.0 Å². The number of amides is 2. The summed E-state index contributed by atoms with van der Waals surface area (Å²) in [7, 11) is 1.76. The van der Waals surface area contributed by atoms with E-state index in [4.69, 9.17) is 9.72 Å². The molecular weight excluding hydrogens is 611 g/mol. The minimum absolute atomic E-state index is 0.0710. The number of hydrogen-bond donors (Lipinski definition) is 3. The summed E-state index contributed by atoms with van der Waals surface area (Å²) in [6.45, 7) is 7.58. The van der Waals surface area contributed by atoms with Crippen molar-refractivity contribution >= 4 is 34.7 Å². The number of rotatable bonds is 8. The molecule has 2 aromatic carbocycles. The van der Waals surface area contributed by atoms with Gasteiger partial charge in [-0.05, 0) is 82.2 Å². The molecule has 1 aliphatic carbocycles. The Kier molecular flexibility index (Phi) is 9.73. The minimum Gasteiger partial charge on any atom is -0.444 e. The Labute approximate surface area is 271 Å². The van der Waals surface area contributed by atoms with Crippen LogP contribution in [-0.4, -0.2) is 49.4 Å². The van der Waals surface area contributed by atoms with Crippen molar-refractivity contribution in [3.05, 3.63) is 65.4 Å². The van der Waals surface area contributed by atoms with Gasteiger partial charge in [0.2, 0.25) is 11.9 Å². The summed E-state index contributed by atoms with van der Waals surface area (Å²) < 4.78 is 46.2. The molecule has 10 nitrogen and oxygen atoms in total. The van der Waals surface area contributed by atoms with E-state index in [1.165, 1.54) is 12.1 Å². The molecule has 5 rings (SSSR count). The van der Waals surface area contributed by atoms with Gasteiger partial charge in [0.05, 0.1) is 23.2 Å². The number of nitrogens with zero attached hydrogens (tertiary/aromatic N) is 4. The van der Waals surface area contributed by atoms with Crippen LogP contribution in [0.25, 0.3) is 22.2 Å². The zero-order chi connectivity index (χ0) is 33.9. The van der Waals surface area contributed by atoms with Gasteiger partial charge in [-0.1, -0.05) is 25.1 Å². The molecule has 1 aliphatic rings. The highest BCUT2D eigenvalue weighted by Crippen LogP contribution is 2.31. The largest absolute Gasteiger partial charge is 0.444 e. The van der Waals surface area contributed by atoms with Gasteiger partial charge in [0.1, 0.15) is 5.60 Å². The number of aryl methyl sites for hydroxylation is 2. The van der Waals surface area contributed by atoms with Crippen LogP contribution < -0.4 is 16.0 Å². The van der Waals surface area contributed by atoms with Crippen molar-refractivity contribution in [2.45, 2.75) is 90.1 Å². The molecule has 1 fully saturated rings. The van der Waals surface area contributed by atoms with Crippen LogP contribution in [0.3, 0.4) is 0 Å². The molecular formula is C34H40F3N7O3. The third-order valence-electron chi connectivity index (χ3n) is 7.99. The smallest absolute Gasteiger partial charge is 0.416 e. The lowest BCUT2D eigenvalue weighted by molar-refractivity contribution is -0.137. The number of anilines is 2. The number of alkyl carbamates (subject to hydrolysis) is 1. The zero-order valence-electron chi connectivity index (χ0n) is 27.2. The van der Waals surface area contributed by atoms with Crippen molar-refractivity contribution in [3.8, 4) is 11.3 Å². The van der Waals surface area contributed by atoms with Crippen molar-refractivity contribution in [3.63, 3.8) is 0 Å². The molecule has 1 saturated carbocycles. The second-order valence-corrected chi connectivity index (χ2v) is 12.9. The topological polar surface area (TPSA) is 123 Å². The van der Waals surface area contributed by atoms with E-state index in [9.17, 15) is 22.8 Å². The summed E-state index contributed by atoms with van der Waals surface area (Å²) in [5, 5.41) is 14.4. The molecule has 0 saturated heterocycles. The molecule has 250 valence electrons. The fourth-order valence-corrected chi connectivity index (χ4v) is 5.77. The first-order valence-corrected chi connectivity index (χ1v) is 15.7. The molecule has 2 amide bonds. The Bertz CT molecular complexity index is 1760. The van der Waals surface area contributed by atoms with Crippen molar-refractivity contribution < 1.29 is 27.5 Å². The summed E-state index contributed by atoms with van der Waals surface area (Å²) in [4.78, 5) is 34.2. The van der Waals surface area contributed by atoms with Crippen LogP contribution in [0.2, 0.25) is 0 Å². The van der Waals surface area contributed by atoms with Crippen molar-refractivity contribution in [1.82, 2.24) is 25.1 Å². The SMILES string of the molecule is CCc1cc(-c2cc(NC(=O)Cc3cccc(C(F)(F)F)c3)nn2C)cc2cnc(NC3CCC(NC(=O)OC(C)(C)C)CC3)nc12. The highest BCUT2D eigenvalue weighted by Gasteiger charge is 2.30. The summed E-state index contributed by atoms with van der Waals surface area (Å²) in [6, 6.07) is 10.7. The highest BCUT2D eigenvalue weighted by molar-refractivity contribution is 5.92. The van der Waals surface area contributed by atoms with E-state index in [1.54, 1.807) is 24.0 Å². The minimum atomic E-state index is -4.48. The van der Waals surface area contributed by atoms with Gasteiger partial charge >= 0.3 is 12.3 Å². The van der Waals surface area contributed by atoms with E-state index in [0.29, 0.717) is 11.8 Å². The number of halogens is 3. The van der Waals surface area contributed by atoms with Crippen LogP contribution in [0, 0.1) is 0 Å². The van der Waals surface area contributed by atoms with E-state index < -0.39 is 23.2 Å². The number of aromatic nitrogens is 4.